The number of rotatable bonds is 4. The first-order valence-corrected chi connectivity index (χ1v) is 7.72. The normalized spacial score (nSPS) is 22.9. The van der Waals surface area contributed by atoms with Crippen molar-refractivity contribution in [3.8, 4) is 0 Å². The maximum Gasteiger partial charge on any atom is 0.0596 e. The van der Waals surface area contributed by atoms with Crippen molar-refractivity contribution in [2.45, 2.75) is 25.0 Å². The van der Waals surface area contributed by atoms with Crippen molar-refractivity contribution in [2.75, 3.05) is 33.7 Å². The van der Waals surface area contributed by atoms with Crippen LogP contribution in [0.25, 0.3) is 0 Å². The highest BCUT2D eigenvalue weighted by molar-refractivity contribution is 6.42. The van der Waals surface area contributed by atoms with Crippen LogP contribution in [0.5, 0.6) is 0 Å². The summed E-state index contributed by atoms with van der Waals surface area (Å²) in [7, 11) is 4.26. The summed E-state index contributed by atoms with van der Waals surface area (Å²) in [6.07, 6.45) is 1.04. The van der Waals surface area contributed by atoms with E-state index in [0.717, 1.165) is 31.6 Å². The number of piperazine rings is 1. The first-order valence-electron chi connectivity index (χ1n) is 6.96. The summed E-state index contributed by atoms with van der Waals surface area (Å²) < 4.78 is 0. The van der Waals surface area contributed by atoms with Gasteiger partial charge in [-0.25, -0.2) is 0 Å². The first-order chi connectivity index (χ1) is 9.45. The van der Waals surface area contributed by atoms with E-state index in [4.69, 9.17) is 23.2 Å². The molecule has 3 nitrogen and oxygen atoms in total. The van der Waals surface area contributed by atoms with Gasteiger partial charge in [-0.3, -0.25) is 0 Å². The van der Waals surface area contributed by atoms with E-state index < -0.39 is 0 Å². The van der Waals surface area contributed by atoms with E-state index in [1.807, 2.05) is 12.1 Å². The minimum Gasteiger partial charge on any atom is -0.393 e. The van der Waals surface area contributed by atoms with Gasteiger partial charge in [0, 0.05) is 25.7 Å². The molecule has 2 unspecified atom stereocenters. The van der Waals surface area contributed by atoms with Crippen molar-refractivity contribution in [3.05, 3.63) is 33.8 Å². The lowest BCUT2D eigenvalue weighted by atomic mass is 9.99. The summed E-state index contributed by atoms with van der Waals surface area (Å²) in [5, 5.41) is 11.4. The Hall–Kier alpha value is -0.320. The second-order valence-corrected chi connectivity index (χ2v) is 6.55. The van der Waals surface area contributed by atoms with Crippen molar-refractivity contribution in [1.82, 2.24) is 9.80 Å². The van der Waals surface area contributed by atoms with Gasteiger partial charge in [-0.05, 0) is 44.6 Å². The van der Waals surface area contributed by atoms with Gasteiger partial charge in [-0.2, -0.15) is 0 Å². The third-order valence-corrected chi connectivity index (χ3v) is 4.72. The molecule has 112 valence electrons. The Morgan fingerprint density at radius 2 is 2.00 bits per heavy atom. The Bertz CT molecular complexity index is 455. The maximum atomic E-state index is 10.3. The Morgan fingerprint density at radius 1 is 1.25 bits per heavy atom. The predicted octanol–water partition coefficient (Wildman–Crippen LogP) is 2.53. The molecule has 2 atom stereocenters. The number of hydrogen-bond acceptors (Lipinski definition) is 3. The number of halogens is 2. The van der Waals surface area contributed by atoms with Gasteiger partial charge in [-0.1, -0.05) is 29.3 Å². The van der Waals surface area contributed by atoms with Gasteiger partial charge in [0.1, 0.15) is 0 Å². The van der Waals surface area contributed by atoms with Crippen LogP contribution >= 0.6 is 23.2 Å². The molecule has 0 radical (unpaired) electrons. The molecule has 1 saturated heterocycles. The molecular weight excluding hydrogens is 295 g/mol. The van der Waals surface area contributed by atoms with Crippen LogP contribution < -0.4 is 0 Å². The molecule has 2 rings (SSSR count). The van der Waals surface area contributed by atoms with Gasteiger partial charge in [0.15, 0.2) is 0 Å². The number of likely N-dealkylation sites (N-methyl/N-ethyl adjacent to an activating group) is 2. The van der Waals surface area contributed by atoms with Gasteiger partial charge >= 0.3 is 0 Å². The Morgan fingerprint density at radius 3 is 2.70 bits per heavy atom. The Kier molecular flexibility index (Phi) is 5.70. The van der Waals surface area contributed by atoms with Crippen LogP contribution in [0.4, 0.5) is 0 Å². The fourth-order valence-electron chi connectivity index (χ4n) is 2.69. The zero-order valence-corrected chi connectivity index (χ0v) is 13.5. The van der Waals surface area contributed by atoms with Crippen LogP contribution in [0.1, 0.15) is 12.0 Å². The lowest BCUT2D eigenvalue weighted by molar-refractivity contribution is 0.0639. The Labute approximate surface area is 131 Å². The fourth-order valence-corrected chi connectivity index (χ4v) is 3.01. The average Bonchev–Trinajstić information content (AvgIpc) is 2.38. The van der Waals surface area contributed by atoms with Gasteiger partial charge in [0.25, 0.3) is 0 Å². The van der Waals surface area contributed by atoms with E-state index >= 15 is 0 Å². The average molecular weight is 317 g/mol. The van der Waals surface area contributed by atoms with E-state index in [2.05, 4.69) is 23.9 Å². The molecule has 0 saturated carbocycles. The summed E-state index contributed by atoms with van der Waals surface area (Å²) in [6.45, 7) is 3.16. The van der Waals surface area contributed by atoms with E-state index in [1.165, 1.54) is 0 Å². The van der Waals surface area contributed by atoms with Gasteiger partial charge in [0.05, 0.1) is 16.1 Å². The molecule has 1 N–H and O–H groups in total. The minimum absolute atomic E-state index is 0.355. The lowest BCUT2D eigenvalue weighted by Crippen LogP contribution is -2.51. The van der Waals surface area contributed by atoms with Crippen LogP contribution in [0, 0.1) is 0 Å². The summed E-state index contributed by atoms with van der Waals surface area (Å²) in [6, 6.07) is 5.95. The number of aliphatic hydroxyl groups is 1. The highest BCUT2D eigenvalue weighted by Crippen LogP contribution is 2.24. The third kappa shape index (κ3) is 4.34. The van der Waals surface area contributed by atoms with E-state index in [-0.39, 0.29) is 6.10 Å². The fraction of sp³-hybridized carbons (Fsp3) is 0.600. The van der Waals surface area contributed by atoms with Gasteiger partial charge < -0.3 is 14.9 Å². The van der Waals surface area contributed by atoms with E-state index in [0.29, 0.717) is 22.5 Å². The summed E-state index contributed by atoms with van der Waals surface area (Å²) in [5.74, 6) is 0. The SMILES string of the molecule is CN1CCN(C)C(CC(O)Cc2ccc(Cl)c(Cl)c2)C1. The first kappa shape index (κ1) is 16.1. The van der Waals surface area contributed by atoms with Crippen molar-refractivity contribution in [3.63, 3.8) is 0 Å². The molecule has 0 aromatic heterocycles. The lowest BCUT2D eigenvalue weighted by Gasteiger charge is -2.38. The van der Waals surface area contributed by atoms with Crippen molar-refractivity contribution >= 4 is 23.2 Å². The standard InChI is InChI=1S/C15H22Cl2N2O/c1-18-5-6-19(2)12(10-18)9-13(20)7-11-3-4-14(16)15(17)8-11/h3-4,8,12-13,20H,5-7,9-10H2,1-2H3. The number of nitrogens with zero attached hydrogens (tertiary/aromatic N) is 2. The van der Waals surface area contributed by atoms with Crippen LogP contribution in [0.2, 0.25) is 10.0 Å². The molecular formula is C15H22Cl2N2O. The quantitative estimate of drug-likeness (QED) is 0.924. The molecule has 0 amide bonds. The molecule has 1 fully saturated rings. The molecule has 1 aliphatic heterocycles. The second-order valence-electron chi connectivity index (χ2n) is 5.74. The molecule has 0 spiro atoms. The number of aliphatic hydroxyl groups excluding tert-OH is 1. The van der Waals surface area contributed by atoms with E-state index in [9.17, 15) is 5.11 Å². The highest BCUT2D eigenvalue weighted by Gasteiger charge is 2.24. The predicted molar refractivity (Wildman–Crippen MR) is 84.7 cm³/mol. The number of hydrogen-bond donors (Lipinski definition) is 1. The maximum absolute atomic E-state index is 10.3. The smallest absolute Gasteiger partial charge is 0.0596 e. The molecule has 20 heavy (non-hydrogen) atoms. The molecule has 1 aromatic carbocycles. The Balaban J connectivity index is 1.91. The van der Waals surface area contributed by atoms with Gasteiger partial charge in [0.2, 0.25) is 0 Å². The van der Waals surface area contributed by atoms with Crippen LogP contribution in [-0.2, 0) is 6.42 Å². The molecule has 0 aliphatic carbocycles. The summed E-state index contributed by atoms with van der Waals surface area (Å²) in [4.78, 5) is 4.65. The molecule has 5 heteroatoms. The largest absolute Gasteiger partial charge is 0.393 e. The van der Waals surface area contributed by atoms with Crippen LogP contribution in [-0.4, -0.2) is 60.8 Å². The van der Waals surface area contributed by atoms with Gasteiger partial charge in [-0.15, -0.1) is 0 Å². The molecule has 1 heterocycles. The molecule has 1 aliphatic rings. The molecule has 1 aromatic rings. The zero-order chi connectivity index (χ0) is 14.7. The van der Waals surface area contributed by atoms with Crippen molar-refractivity contribution in [1.29, 1.82) is 0 Å². The molecule has 0 bridgehead atoms. The van der Waals surface area contributed by atoms with Crippen molar-refractivity contribution < 1.29 is 5.11 Å². The van der Waals surface area contributed by atoms with E-state index in [1.54, 1.807) is 6.07 Å². The van der Waals surface area contributed by atoms with Crippen LogP contribution in [0.15, 0.2) is 18.2 Å². The monoisotopic (exact) mass is 316 g/mol. The summed E-state index contributed by atoms with van der Waals surface area (Å²) >= 11 is 11.9. The van der Waals surface area contributed by atoms with Crippen molar-refractivity contribution in [2.24, 2.45) is 0 Å². The zero-order valence-electron chi connectivity index (χ0n) is 12.0. The third-order valence-electron chi connectivity index (χ3n) is 3.98. The summed E-state index contributed by atoms with van der Waals surface area (Å²) in [5.41, 5.74) is 1.03. The highest BCUT2D eigenvalue weighted by atomic mass is 35.5. The topological polar surface area (TPSA) is 26.7 Å². The number of benzene rings is 1. The minimum atomic E-state index is -0.355. The second kappa shape index (κ2) is 7.10. The van der Waals surface area contributed by atoms with Crippen LogP contribution in [0.3, 0.4) is 0 Å².